The molecule has 2 rings (SSSR count). The summed E-state index contributed by atoms with van der Waals surface area (Å²) in [6.07, 6.45) is 9.79. The van der Waals surface area contributed by atoms with Crippen molar-refractivity contribution in [1.82, 2.24) is 4.98 Å². The Labute approximate surface area is 102 Å². The van der Waals surface area contributed by atoms with Crippen molar-refractivity contribution in [3.63, 3.8) is 0 Å². The number of hydrogen-bond donors (Lipinski definition) is 1. The first-order valence-corrected chi connectivity index (χ1v) is 6.11. The lowest BCUT2D eigenvalue weighted by Crippen LogP contribution is -2.05. The monoisotopic (exact) mass is 230 g/mol. The summed E-state index contributed by atoms with van der Waals surface area (Å²) in [5.41, 5.74) is 5.82. The molecule has 0 saturated heterocycles. The second-order valence-electron chi connectivity index (χ2n) is 4.45. The number of pyridine rings is 1. The summed E-state index contributed by atoms with van der Waals surface area (Å²) in [4.78, 5) is 4.28. The number of nitrogens with zero attached hydrogens (tertiary/aromatic N) is 2. The van der Waals surface area contributed by atoms with Gasteiger partial charge in [-0.25, -0.2) is 0 Å². The van der Waals surface area contributed by atoms with Gasteiger partial charge in [-0.15, -0.1) is 0 Å². The molecule has 1 aliphatic rings. The van der Waals surface area contributed by atoms with E-state index < -0.39 is 0 Å². The van der Waals surface area contributed by atoms with E-state index in [0.29, 0.717) is 0 Å². The van der Waals surface area contributed by atoms with Crippen LogP contribution in [-0.4, -0.2) is 15.9 Å². The average molecular weight is 230 g/mol. The highest BCUT2D eigenvalue weighted by atomic mass is 16.4. The highest BCUT2D eigenvalue weighted by molar-refractivity contribution is 6.02. The number of rotatable bonds is 2. The molecule has 0 atom stereocenters. The number of allylic oxidation sites excluding steroid dienone is 2. The molecule has 0 spiro atoms. The molecule has 1 aliphatic carbocycles. The number of oxime groups is 1. The standard InChI is InChI=1S/C14H18N2O/c1-3-13-10(2)8-15-9-14(13)11-5-4-6-12(7-11)16-17/h7-9,17H,3-6H2,1-2H3. The molecule has 0 unspecified atom stereocenters. The van der Waals surface area contributed by atoms with Gasteiger partial charge in [0.05, 0.1) is 5.71 Å². The zero-order valence-corrected chi connectivity index (χ0v) is 10.4. The Balaban J connectivity index is 2.47. The van der Waals surface area contributed by atoms with E-state index >= 15 is 0 Å². The quantitative estimate of drug-likeness (QED) is 0.625. The Morgan fingerprint density at radius 3 is 2.88 bits per heavy atom. The summed E-state index contributed by atoms with van der Waals surface area (Å²) in [5, 5.41) is 12.2. The summed E-state index contributed by atoms with van der Waals surface area (Å²) in [5.74, 6) is 0. The van der Waals surface area contributed by atoms with Crippen LogP contribution < -0.4 is 0 Å². The molecule has 0 saturated carbocycles. The van der Waals surface area contributed by atoms with E-state index in [1.165, 1.54) is 22.3 Å². The van der Waals surface area contributed by atoms with E-state index in [1.54, 1.807) is 0 Å². The van der Waals surface area contributed by atoms with Crippen molar-refractivity contribution in [2.75, 3.05) is 0 Å². The van der Waals surface area contributed by atoms with Crippen molar-refractivity contribution in [3.05, 3.63) is 35.2 Å². The lowest BCUT2D eigenvalue weighted by molar-refractivity contribution is 0.318. The van der Waals surface area contributed by atoms with Crippen molar-refractivity contribution in [2.45, 2.75) is 39.5 Å². The molecule has 1 N–H and O–H groups in total. The van der Waals surface area contributed by atoms with Crippen LogP contribution in [0, 0.1) is 6.92 Å². The number of aryl methyl sites for hydroxylation is 1. The summed E-state index contributed by atoms with van der Waals surface area (Å²) in [6.45, 7) is 4.26. The van der Waals surface area contributed by atoms with Gasteiger partial charge >= 0.3 is 0 Å². The van der Waals surface area contributed by atoms with E-state index in [1.807, 2.05) is 18.5 Å². The Morgan fingerprint density at radius 2 is 2.18 bits per heavy atom. The fraction of sp³-hybridized carbons (Fsp3) is 0.429. The maximum atomic E-state index is 8.86. The first kappa shape index (κ1) is 11.8. The zero-order chi connectivity index (χ0) is 12.3. The van der Waals surface area contributed by atoms with E-state index in [-0.39, 0.29) is 0 Å². The van der Waals surface area contributed by atoms with E-state index in [9.17, 15) is 0 Å². The lowest BCUT2D eigenvalue weighted by Gasteiger charge is -2.17. The molecule has 1 heterocycles. The van der Waals surface area contributed by atoms with Crippen LogP contribution in [0.25, 0.3) is 5.57 Å². The topological polar surface area (TPSA) is 45.5 Å². The first-order chi connectivity index (χ1) is 8.26. The molecule has 0 bridgehead atoms. The summed E-state index contributed by atoms with van der Waals surface area (Å²) in [6, 6.07) is 0. The molecule has 0 amide bonds. The second-order valence-corrected chi connectivity index (χ2v) is 4.45. The highest BCUT2D eigenvalue weighted by Crippen LogP contribution is 2.29. The Hall–Kier alpha value is -1.64. The van der Waals surface area contributed by atoms with Gasteiger partial charge in [-0.3, -0.25) is 4.98 Å². The minimum absolute atomic E-state index is 0.773. The number of aromatic nitrogens is 1. The van der Waals surface area contributed by atoms with Gasteiger partial charge in [-0.05, 0) is 60.9 Å². The van der Waals surface area contributed by atoms with E-state index in [2.05, 4.69) is 24.0 Å². The Kier molecular flexibility index (Phi) is 3.57. The maximum absolute atomic E-state index is 8.86. The summed E-state index contributed by atoms with van der Waals surface area (Å²) in [7, 11) is 0. The van der Waals surface area contributed by atoms with Crippen LogP contribution in [0.2, 0.25) is 0 Å². The third kappa shape index (κ3) is 2.38. The van der Waals surface area contributed by atoms with Gasteiger partial charge in [-0.1, -0.05) is 12.1 Å². The zero-order valence-electron chi connectivity index (χ0n) is 10.4. The Morgan fingerprint density at radius 1 is 1.35 bits per heavy atom. The second kappa shape index (κ2) is 5.13. The molecule has 0 aliphatic heterocycles. The van der Waals surface area contributed by atoms with Crippen molar-refractivity contribution in [1.29, 1.82) is 0 Å². The van der Waals surface area contributed by atoms with Gasteiger partial charge in [0.15, 0.2) is 0 Å². The summed E-state index contributed by atoms with van der Waals surface area (Å²) < 4.78 is 0. The SMILES string of the molecule is CCc1c(C)cncc1C1=CC(=NO)CCC1. The minimum Gasteiger partial charge on any atom is -0.411 e. The average Bonchev–Trinajstić information content (AvgIpc) is 2.38. The van der Waals surface area contributed by atoms with Crippen molar-refractivity contribution < 1.29 is 5.21 Å². The highest BCUT2D eigenvalue weighted by Gasteiger charge is 2.14. The minimum atomic E-state index is 0.773. The molecule has 3 nitrogen and oxygen atoms in total. The summed E-state index contributed by atoms with van der Waals surface area (Å²) >= 11 is 0. The maximum Gasteiger partial charge on any atom is 0.0798 e. The van der Waals surface area contributed by atoms with Crippen LogP contribution in [-0.2, 0) is 6.42 Å². The molecule has 0 aromatic carbocycles. The lowest BCUT2D eigenvalue weighted by atomic mass is 9.89. The van der Waals surface area contributed by atoms with Gasteiger partial charge in [-0.2, -0.15) is 0 Å². The molecule has 90 valence electrons. The number of hydrogen-bond acceptors (Lipinski definition) is 3. The van der Waals surface area contributed by atoms with Gasteiger partial charge < -0.3 is 5.21 Å². The molecular formula is C14H18N2O. The fourth-order valence-electron chi connectivity index (χ4n) is 2.43. The smallest absolute Gasteiger partial charge is 0.0798 e. The Bertz CT molecular complexity index is 475. The molecule has 1 aromatic heterocycles. The molecule has 0 radical (unpaired) electrons. The molecular weight excluding hydrogens is 212 g/mol. The predicted molar refractivity (Wildman–Crippen MR) is 69.4 cm³/mol. The van der Waals surface area contributed by atoms with Crippen LogP contribution in [0.15, 0.2) is 23.6 Å². The van der Waals surface area contributed by atoms with Gasteiger partial charge in [0.2, 0.25) is 0 Å². The van der Waals surface area contributed by atoms with Crippen molar-refractivity contribution in [2.24, 2.45) is 5.16 Å². The largest absolute Gasteiger partial charge is 0.411 e. The molecule has 0 fully saturated rings. The van der Waals surface area contributed by atoms with E-state index in [0.717, 1.165) is 31.4 Å². The molecule has 3 heteroatoms. The van der Waals surface area contributed by atoms with Gasteiger partial charge in [0.25, 0.3) is 0 Å². The third-order valence-corrected chi connectivity index (χ3v) is 3.32. The predicted octanol–water partition coefficient (Wildman–Crippen LogP) is 3.35. The van der Waals surface area contributed by atoms with E-state index in [4.69, 9.17) is 5.21 Å². The van der Waals surface area contributed by atoms with Crippen molar-refractivity contribution >= 4 is 11.3 Å². The van der Waals surface area contributed by atoms with Gasteiger partial charge in [0, 0.05) is 12.4 Å². The van der Waals surface area contributed by atoms with Crippen molar-refractivity contribution in [3.8, 4) is 0 Å². The fourth-order valence-corrected chi connectivity index (χ4v) is 2.43. The van der Waals surface area contributed by atoms with Crippen LogP contribution in [0.3, 0.4) is 0 Å². The third-order valence-electron chi connectivity index (χ3n) is 3.32. The molecule has 17 heavy (non-hydrogen) atoms. The van der Waals surface area contributed by atoms with Crippen LogP contribution in [0.1, 0.15) is 42.9 Å². The normalized spacial score (nSPS) is 18.2. The van der Waals surface area contributed by atoms with Crippen LogP contribution >= 0.6 is 0 Å². The van der Waals surface area contributed by atoms with Crippen LogP contribution in [0.4, 0.5) is 0 Å². The van der Waals surface area contributed by atoms with Crippen LogP contribution in [0.5, 0.6) is 0 Å². The van der Waals surface area contributed by atoms with Gasteiger partial charge in [0.1, 0.15) is 0 Å². The molecule has 1 aromatic rings. The first-order valence-electron chi connectivity index (χ1n) is 6.11.